The monoisotopic (exact) mass is 490 g/mol. The van der Waals surface area contributed by atoms with Gasteiger partial charge in [-0.05, 0) is 37.5 Å². The Labute approximate surface area is 191 Å². The van der Waals surface area contributed by atoms with E-state index in [1.54, 1.807) is 6.20 Å². The first kappa shape index (κ1) is 24.2. The van der Waals surface area contributed by atoms with Crippen LogP contribution >= 0.6 is 0 Å². The zero-order valence-electron chi connectivity index (χ0n) is 18.5. The minimum Gasteiger partial charge on any atom is -0.475 e. The van der Waals surface area contributed by atoms with Gasteiger partial charge in [0.05, 0.1) is 16.7 Å². The minimum atomic E-state index is -5.08. The molecule has 0 bridgehead atoms. The van der Waals surface area contributed by atoms with Crippen molar-refractivity contribution in [3.05, 3.63) is 17.5 Å². The van der Waals surface area contributed by atoms with Crippen LogP contribution in [-0.4, -0.2) is 78.5 Å². The van der Waals surface area contributed by atoms with Crippen LogP contribution in [0.2, 0.25) is 0 Å². The van der Waals surface area contributed by atoms with Gasteiger partial charge in [0.1, 0.15) is 0 Å². The molecule has 4 aliphatic rings. The summed E-state index contributed by atoms with van der Waals surface area (Å²) in [5, 5.41) is 6.84. The molecule has 0 amide bonds. The summed E-state index contributed by atoms with van der Waals surface area (Å²) in [6.45, 7) is 6.85. The van der Waals surface area contributed by atoms with Gasteiger partial charge < -0.3 is 14.9 Å². The number of alkyl halides is 3. The number of anilines is 1. The van der Waals surface area contributed by atoms with E-state index < -0.39 is 22.0 Å². The summed E-state index contributed by atoms with van der Waals surface area (Å²) in [6.07, 6.45) is 1.75. The van der Waals surface area contributed by atoms with Crippen LogP contribution in [0.25, 0.3) is 0 Å². The molecule has 1 aliphatic carbocycles. The number of carbonyl (C=O) groups is 1. The second kappa shape index (κ2) is 9.01. The molecule has 0 radical (unpaired) electrons. The molecule has 33 heavy (non-hydrogen) atoms. The zero-order valence-corrected chi connectivity index (χ0v) is 19.3. The highest BCUT2D eigenvalue weighted by molar-refractivity contribution is 7.91. The number of fused-ring (bicyclic) bond motifs is 3. The molecule has 1 unspecified atom stereocenters. The molecule has 2 saturated heterocycles. The van der Waals surface area contributed by atoms with Crippen LogP contribution in [0.3, 0.4) is 0 Å². The summed E-state index contributed by atoms with van der Waals surface area (Å²) in [5.74, 6) is -0.379. The lowest BCUT2D eigenvalue weighted by molar-refractivity contribution is -0.192. The number of aromatic nitrogens is 2. The molecule has 3 aliphatic heterocycles. The summed E-state index contributed by atoms with van der Waals surface area (Å²) in [5.41, 5.74) is 1.83. The topological polar surface area (TPSA) is 104 Å². The average Bonchev–Trinajstić information content (AvgIpc) is 3.42. The third-order valence-electron chi connectivity index (χ3n) is 6.79. The van der Waals surface area contributed by atoms with E-state index in [-0.39, 0.29) is 16.9 Å². The van der Waals surface area contributed by atoms with E-state index in [1.165, 1.54) is 25.7 Å². The molecule has 1 saturated carbocycles. The summed E-state index contributed by atoms with van der Waals surface area (Å²) in [6, 6.07) is 0. The van der Waals surface area contributed by atoms with E-state index in [4.69, 9.17) is 14.9 Å². The number of halogens is 3. The van der Waals surface area contributed by atoms with Crippen LogP contribution in [0.5, 0.6) is 0 Å². The molecule has 5 rings (SSSR count). The minimum absolute atomic E-state index is 0.0199. The summed E-state index contributed by atoms with van der Waals surface area (Å²) >= 11 is 0. The molecule has 4 heterocycles. The van der Waals surface area contributed by atoms with Gasteiger partial charge in [0.2, 0.25) is 5.95 Å². The van der Waals surface area contributed by atoms with Crippen molar-refractivity contribution in [3.8, 4) is 0 Å². The summed E-state index contributed by atoms with van der Waals surface area (Å²) in [4.78, 5) is 23.0. The van der Waals surface area contributed by atoms with Gasteiger partial charge in [-0.15, -0.1) is 0 Å². The van der Waals surface area contributed by atoms with Crippen molar-refractivity contribution in [3.63, 3.8) is 0 Å². The lowest BCUT2D eigenvalue weighted by Gasteiger charge is -2.32. The number of aliphatic carboxylic acids is 1. The Morgan fingerprint density at radius 2 is 1.91 bits per heavy atom. The molecule has 0 aromatic carbocycles. The standard InChI is InChI=1S/C19H28N4O2S.C2HF3O2/c1-13-3-2-6-23(8-13)19-20-7-15-12-26(24,25)17-11-22(9-14-4-5-14)10-16(17)18(15)21-19;3-2(4,5)1(6)7/h7,13-14,16-17H,2-6,8-12H2,1H3;(H,6,7)/t13?,16-,17+;/m0./s1. The fraction of sp³-hybridized carbons (Fsp3) is 0.762. The van der Waals surface area contributed by atoms with Crippen molar-refractivity contribution < 1.29 is 31.5 Å². The molecular weight excluding hydrogens is 461 g/mol. The van der Waals surface area contributed by atoms with Gasteiger partial charge in [0.15, 0.2) is 9.84 Å². The molecule has 8 nitrogen and oxygen atoms in total. The summed E-state index contributed by atoms with van der Waals surface area (Å²) < 4.78 is 57.4. The number of carboxylic acids is 1. The van der Waals surface area contributed by atoms with E-state index in [0.717, 1.165) is 49.3 Å². The number of nitrogens with zero attached hydrogens (tertiary/aromatic N) is 4. The van der Waals surface area contributed by atoms with Crippen molar-refractivity contribution in [2.24, 2.45) is 11.8 Å². The van der Waals surface area contributed by atoms with Crippen LogP contribution in [0.4, 0.5) is 19.1 Å². The van der Waals surface area contributed by atoms with Gasteiger partial charge in [-0.2, -0.15) is 13.2 Å². The first-order valence-electron chi connectivity index (χ1n) is 11.3. The van der Waals surface area contributed by atoms with Crippen molar-refractivity contribution in [1.29, 1.82) is 0 Å². The normalized spacial score (nSPS) is 29.0. The molecule has 1 N–H and O–H groups in total. The van der Waals surface area contributed by atoms with Crippen LogP contribution in [0.15, 0.2) is 6.20 Å². The van der Waals surface area contributed by atoms with Gasteiger partial charge in [-0.25, -0.2) is 23.2 Å². The third kappa shape index (κ3) is 5.59. The van der Waals surface area contributed by atoms with E-state index >= 15 is 0 Å². The quantitative estimate of drug-likeness (QED) is 0.689. The number of piperidine rings is 1. The predicted molar refractivity (Wildman–Crippen MR) is 115 cm³/mol. The highest BCUT2D eigenvalue weighted by Gasteiger charge is 2.48. The maximum Gasteiger partial charge on any atom is 0.490 e. The van der Waals surface area contributed by atoms with E-state index in [0.29, 0.717) is 12.5 Å². The molecule has 3 atom stereocenters. The lowest BCUT2D eigenvalue weighted by atomic mass is 9.99. The average molecular weight is 491 g/mol. The maximum absolute atomic E-state index is 12.8. The smallest absolute Gasteiger partial charge is 0.475 e. The Morgan fingerprint density at radius 3 is 2.52 bits per heavy atom. The van der Waals surface area contributed by atoms with Crippen molar-refractivity contribution >= 4 is 21.8 Å². The number of sulfone groups is 1. The van der Waals surface area contributed by atoms with E-state index in [2.05, 4.69) is 21.7 Å². The highest BCUT2D eigenvalue weighted by Crippen LogP contribution is 2.41. The number of rotatable bonds is 3. The van der Waals surface area contributed by atoms with Gasteiger partial charge in [0.25, 0.3) is 0 Å². The first-order valence-corrected chi connectivity index (χ1v) is 13.0. The Balaban J connectivity index is 0.000000325. The molecule has 12 heteroatoms. The Morgan fingerprint density at radius 1 is 1.21 bits per heavy atom. The van der Waals surface area contributed by atoms with Crippen molar-refractivity contribution in [2.75, 3.05) is 37.6 Å². The van der Waals surface area contributed by atoms with Gasteiger partial charge in [-0.1, -0.05) is 6.92 Å². The zero-order chi connectivity index (χ0) is 24.0. The van der Waals surface area contributed by atoms with Crippen molar-refractivity contribution in [1.82, 2.24) is 14.9 Å². The first-order chi connectivity index (χ1) is 15.4. The molecule has 1 aromatic rings. The molecule has 3 fully saturated rings. The molecule has 184 valence electrons. The molecule has 1 aromatic heterocycles. The Bertz CT molecular complexity index is 1000. The fourth-order valence-electron chi connectivity index (χ4n) is 4.98. The SMILES string of the molecule is CC1CCCN(c2ncc3c(n2)[C@H]2CN(CC4CC4)C[C@H]2S(=O)(=O)C3)C1.O=C(O)C(F)(F)F. The highest BCUT2D eigenvalue weighted by atomic mass is 32.2. The van der Waals surface area contributed by atoms with Crippen LogP contribution in [-0.2, 0) is 20.4 Å². The van der Waals surface area contributed by atoms with Gasteiger partial charge >= 0.3 is 12.1 Å². The molecular formula is C21H29F3N4O4S. The number of carboxylic acid groups (broad SMARTS) is 1. The van der Waals surface area contributed by atoms with Crippen molar-refractivity contribution in [2.45, 2.75) is 55.7 Å². The van der Waals surface area contributed by atoms with Crippen LogP contribution < -0.4 is 4.90 Å². The predicted octanol–water partition coefficient (Wildman–Crippen LogP) is 2.45. The van der Waals surface area contributed by atoms with E-state index in [9.17, 15) is 21.6 Å². The van der Waals surface area contributed by atoms with Gasteiger partial charge in [0, 0.05) is 50.4 Å². The second-order valence-electron chi connectivity index (χ2n) is 9.69. The number of likely N-dealkylation sites (tertiary alicyclic amines) is 1. The molecule has 0 spiro atoms. The number of hydrogen-bond acceptors (Lipinski definition) is 7. The fourth-order valence-corrected chi connectivity index (χ4v) is 7.01. The third-order valence-corrected chi connectivity index (χ3v) is 8.91. The largest absolute Gasteiger partial charge is 0.490 e. The lowest BCUT2D eigenvalue weighted by Crippen LogP contribution is -2.38. The maximum atomic E-state index is 12.8. The van der Waals surface area contributed by atoms with Gasteiger partial charge in [-0.3, -0.25) is 0 Å². The number of hydrogen-bond donors (Lipinski definition) is 1. The van der Waals surface area contributed by atoms with E-state index in [1.807, 2.05) is 0 Å². The summed E-state index contributed by atoms with van der Waals surface area (Å²) in [7, 11) is -3.10. The van der Waals surface area contributed by atoms with Crippen LogP contribution in [0.1, 0.15) is 49.8 Å². The van der Waals surface area contributed by atoms with Crippen LogP contribution in [0, 0.1) is 11.8 Å². The Kier molecular flexibility index (Phi) is 6.60. The Hall–Kier alpha value is -1.95. The second-order valence-corrected chi connectivity index (χ2v) is 11.9.